The quantitative estimate of drug-likeness (QED) is 0.172. The van der Waals surface area contributed by atoms with Gasteiger partial charge in [-0.2, -0.15) is 0 Å². The van der Waals surface area contributed by atoms with Crippen LogP contribution >= 0.6 is 0 Å². The highest BCUT2D eigenvalue weighted by atomic mass is 16.5. The Hall–Kier alpha value is -4.43. The van der Waals surface area contributed by atoms with Crippen molar-refractivity contribution in [2.24, 2.45) is 10.9 Å². The lowest BCUT2D eigenvalue weighted by atomic mass is 9.78. The molecule has 0 amide bonds. The Balaban J connectivity index is 1.16. The van der Waals surface area contributed by atoms with Gasteiger partial charge in [-0.05, 0) is 105 Å². The Bertz CT molecular complexity index is 1770. The van der Waals surface area contributed by atoms with E-state index < -0.39 is 11.4 Å². The number of anilines is 1. The SMILES string of the molecule is CCCC1=C(Cc2ccc(-c3ccccc3-c3noc(=O)[nH]3)cc2)CN(c2ccc(OC3CCC(C(C)(C)O)CC3)cc2)C(CC)=N1. The largest absolute Gasteiger partial charge is 0.490 e. The molecule has 0 atom stereocenters. The molecule has 3 aromatic carbocycles. The summed E-state index contributed by atoms with van der Waals surface area (Å²) < 4.78 is 11.1. The summed E-state index contributed by atoms with van der Waals surface area (Å²) in [5.74, 6) is 2.18. The fourth-order valence-electron chi connectivity index (χ4n) is 6.93. The molecule has 8 nitrogen and oxygen atoms in total. The third-order valence-corrected chi connectivity index (χ3v) is 9.57. The number of aliphatic hydroxyl groups is 1. The van der Waals surface area contributed by atoms with Crippen molar-refractivity contribution in [1.82, 2.24) is 10.1 Å². The second-order valence-corrected chi connectivity index (χ2v) is 13.4. The minimum absolute atomic E-state index is 0.194. The number of aromatic nitrogens is 2. The summed E-state index contributed by atoms with van der Waals surface area (Å²) in [6.07, 6.45) is 7.80. The van der Waals surface area contributed by atoms with Crippen LogP contribution in [0.2, 0.25) is 0 Å². The fraction of sp³-hybridized carbons (Fsp3) is 0.410. The number of hydrogen-bond acceptors (Lipinski definition) is 7. The predicted octanol–water partition coefficient (Wildman–Crippen LogP) is 8.33. The molecule has 1 aliphatic carbocycles. The summed E-state index contributed by atoms with van der Waals surface area (Å²) in [6.45, 7) is 9.02. The van der Waals surface area contributed by atoms with E-state index in [-0.39, 0.29) is 6.10 Å². The van der Waals surface area contributed by atoms with Crippen molar-refractivity contribution < 1.29 is 14.4 Å². The van der Waals surface area contributed by atoms with Crippen molar-refractivity contribution in [2.75, 3.05) is 11.4 Å². The standard InChI is InChI=1S/C39H46N4O4/c1-5-9-35-28(24-26-12-14-27(15-13-26)33-10-7-8-11-34(33)37-41-38(44)47-42-37)25-43(36(6-2)40-35)30-18-22-32(23-19-30)46-31-20-16-29(17-21-31)39(3,4)45/h7-8,10-15,18-19,22-23,29,31,45H,5-6,9,16-17,20-21,24-25H2,1-4H3,(H,41,42,44). The second kappa shape index (κ2) is 14.1. The molecule has 6 rings (SSSR count). The lowest BCUT2D eigenvalue weighted by Gasteiger charge is -2.36. The molecule has 2 N–H and O–H groups in total. The summed E-state index contributed by atoms with van der Waals surface area (Å²) in [5, 5.41) is 14.3. The molecule has 4 aromatic rings. The number of aliphatic imine (C=N–C) groups is 1. The van der Waals surface area contributed by atoms with Gasteiger partial charge in [-0.25, -0.2) is 9.79 Å². The van der Waals surface area contributed by atoms with Crippen molar-refractivity contribution in [2.45, 2.75) is 90.8 Å². The molecule has 8 heteroatoms. The van der Waals surface area contributed by atoms with Gasteiger partial charge in [-0.1, -0.05) is 74.0 Å². The summed E-state index contributed by atoms with van der Waals surface area (Å²) in [6, 6.07) is 25.0. The maximum absolute atomic E-state index is 11.6. The maximum atomic E-state index is 11.6. The zero-order valence-electron chi connectivity index (χ0n) is 28.0. The second-order valence-electron chi connectivity index (χ2n) is 13.4. The number of nitrogens with one attached hydrogen (secondary N) is 1. The number of H-pyrrole nitrogens is 1. The fourth-order valence-corrected chi connectivity index (χ4v) is 6.93. The number of hydrogen-bond donors (Lipinski definition) is 2. The Morgan fingerprint density at radius 1 is 0.957 bits per heavy atom. The lowest BCUT2D eigenvalue weighted by Crippen LogP contribution is -2.36. The molecular weight excluding hydrogens is 588 g/mol. The Kier molecular flexibility index (Phi) is 9.78. The number of ether oxygens (including phenoxy) is 1. The van der Waals surface area contributed by atoms with Crippen molar-refractivity contribution in [1.29, 1.82) is 0 Å². The number of allylic oxidation sites excluding steroid dienone is 1. The Morgan fingerprint density at radius 3 is 2.28 bits per heavy atom. The van der Waals surface area contributed by atoms with E-state index in [4.69, 9.17) is 14.3 Å². The highest BCUT2D eigenvalue weighted by molar-refractivity contribution is 5.99. The molecule has 2 aliphatic rings. The third kappa shape index (κ3) is 7.60. The Morgan fingerprint density at radius 2 is 1.66 bits per heavy atom. The van der Waals surface area contributed by atoms with Crippen LogP contribution in [0.3, 0.4) is 0 Å². The van der Waals surface area contributed by atoms with Crippen molar-refractivity contribution in [3.05, 3.63) is 100 Å². The lowest BCUT2D eigenvalue weighted by molar-refractivity contribution is -0.0151. The van der Waals surface area contributed by atoms with Gasteiger partial charge in [0.05, 0.1) is 11.7 Å². The van der Waals surface area contributed by atoms with E-state index in [0.717, 1.165) is 91.9 Å². The number of nitrogens with zero attached hydrogens (tertiary/aromatic N) is 3. The van der Waals surface area contributed by atoms with E-state index in [0.29, 0.717) is 11.7 Å². The van der Waals surface area contributed by atoms with Crippen molar-refractivity contribution in [3.63, 3.8) is 0 Å². The van der Waals surface area contributed by atoms with Gasteiger partial charge >= 0.3 is 5.76 Å². The Labute approximate surface area is 277 Å². The van der Waals surface area contributed by atoms with Gasteiger partial charge in [0.15, 0.2) is 5.82 Å². The van der Waals surface area contributed by atoms with Gasteiger partial charge in [-0.3, -0.25) is 9.51 Å². The van der Waals surface area contributed by atoms with Crippen molar-refractivity contribution >= 4 is 11.5 Å². The first-order valence-electron chi connectivity index (χ1n) is 17.0. The number of aromatic amines is 1. The van der Waals surface area contributed by atoms with E-state index in [9.17, 15) is 9.90 Å². The molecule has 0 radical (unpaired) electrons. The van der Waals surface area contributed by atoms with Gasteiger partial charge in [0.25, 0.3) is 0 Å². The summed E-state index contributed by atoms with van der Waals surface area (Å²) >= 11 is 0. The van der Waals surface area contributed by atoms with Gasteiger partial charge in [0.2, 0.25) is 0 Å². The molecule has 47 heavy (non-hydrogen) atoms. The third-order valence-electron chi connectivity index (χ3n) is 9.57. The molecule has 1 aliphatic heterocycles. The molecule has 246 valence electrons. The minimum atomic E-state index is -0.623. The van der Waals surface area contributed by atoms with Crippen LogP contribution in [0.1, 0.15) is 78.2 Å². The summed E-state index contributed by atoms with van der Waals surface area (Å²) in [4.78, 5) is 21.8. The number of amidine groups is 1. The van der Waals surface area contributed by atoms with E-state index in [1.807, 2.05) is 38.1 Å². The monoisotopic (exact) mass is 634 g/mol. The highest BCUT2D eigenvalue weighted by Crippen LogP contribution is 2.35. The van der Waals surface area contributed by atoms with Crippen LogP contribution in [0.5, 0.6) is 5.75 Å². The van der Waals surface area contributed by atoms with E-state index in [1.54, 1.807) is 0 Å². The van der Waals surface area contributed by atoms with Crippen LogP contribution in [-0.2, 0) is 6.42 Å². The zero-order chi connectivity index (χ0) is 33.0. The first-order valence-corrected chi connectivity index (χ1v) is 17.0. The molecule has 2 heterocycles. The van der Waals surface area contributed by atoms with E-state index in [1.165, 1.54) is 16.8 Å². The van der Waals surface area contributed by atoms with E-state index in [2.05, 4.69) is 77.4 Å². The molecule has 1 fully saturated rings. The smallest absolute Gasteiger partial charge is 0.439 e. The van der Waals surface area contributed by atoms with Crippen LogP contribution < -0.4 is 15.4 Å². The predicted molar refractivity (Wildman–Crippen MR) is 188 cm³/mol. The van der Waals surface area contributed by atoms with Crippen molar-refractivity contribution in [3.8, 4) is 28.3 Å². The molecule has 0 bridgehead atoms. The van der Waals surface area contributed by atoms with Crippen LogP contribution in [-0.4, -0.2) is 39.3 Å². The van der Waals surface area contributed by atoms with Gasteiger partial charge in [0, 0.05) is 29.9 Å². The zero-order valence-corrected chi connectivity index (χ0v) is 28.0. The van der Waals surface area contributed by atoms with Crippen LogP contribution in [0.15, 0.2) is 98.4 Å². The molecule has 1 saturated carbocycles. The maximum Gasteiger partial charge on any atom is 0.439 e. The topological polar surface area (TPSA) is 104 Å². The first-order chi connectivity index (χ1) is 22.7. The number of rotatable bonds is 11. The van der Waals surface area contributed by atoms with Crippen LogP contribution in [0.25, 0.3) is 22.5 Å². The minimum Gasteiger partial charge on any atom is -0.490 e. The molecule has 1 aromatic heterocycles. The summed E-state index contributed by atoms with van der Waals surface area (Å²) in [7, 11) is 0. The first kappa shape index (κ1) is 32.5. The average molecular weight is 635 g/mol. The van der Waals surface area contributed by atoms with Crippen LogP contribution in [0, 0.1) is 5.92 Å². The molecular formula is C39H46N4O4. The van der Waals surface area contributed by atoms with E-state index >= 15 is 0 Å². The average Bonchev–Trinajstić information content (AvgIpc) is 3.52. The van der Waals surface area contributed by atoms with Gasteiger partial charge in [-0.15, -0.1) is 0 Å². The summed E-state index contributed by atoms with van der Waals surface area (Å²) in [5.41, 5.74) is 7.09. The number of benzene rings is 3. The highest BCUT2D eigenvalue weighted by Gasteiger charge is 2.32. The van der Waals surface area contributed by atoms with Crippen LogP contribution in [0.4, 0.5) is 5.69 Å². The van der Waals surface area contributed by atoms with Gasteiger partial charge < -0.3 is 14.7 Å². The molecule has 0 spiro atoms. The van der Waals surface area contributed by atoms with Gasteiger partial charge in [0.1, 0.15) is 11.6 Å². The normalized spacial score (nSPS) is 18.7. The molecule has 0 unspecified atom stereocenters. The molecule has 0 saturated heterocycles.